The molecule has 0 radical (unpaired) electrons. The van der Waals surface area contributed by atoms with Gasteiger partial charge in [0.2, 0.25) is 0 Å². The Balaban J connectivity index is 2.04. The normalized spacial score (nSPS) is 9.87. The second-order valence-electron chi connectivity index (χ2n) is 2.50. The Bertz CT molecular complexity index is 417. The molecule has 0 aliphatic heterocycles. The standard InChI is InChI=1S/C7H5N5O3/c13-6(4-1-8-3-9-4)15-7(14)5-2-10-12-11-5/h1-3H,(H,8,9)(H,10,11,12). The molecule has 0 saturated carbocycles. The minimum Gasteiger partial charge on any atom is -0.383 e. The third-order valence-corrected chi connectivity index (χ3v) is 1.53. The number of carbonyl (C=O) groups is 2. The van der Waals surface area contributed by atoms with Gasteiger partial charge in [-0.15, -0.1) is 5.10 Å². The van der Waals surface area contributed by atoms with E-state index in [2.05, 4.69) is 30.1 Å². The first-order valence-electron chi connectivity index (χ1n) is 3.88. The lowest BCUT2D eigenvalue weighted by atomic mass is 10.4. The maximum Gasteiger partial charge on any atom is 0.368 e. The molecule has 0 aliphatic rings. The summed E-state index contributed by atoms with van der Waals surface area (Å²) < 4.78 is 4.47. The van der Waals surface area contributed by atoms with Crippen LogP contribution in [0.2, 0.25) is 0 Å². The van der Waals surface area contributed by atoms with Gasteiger partial charge in [-0.05, 0) is 0 Å². The molecule has 2 rings (SSSR count). The van der Waals surface area contributed by atoms with Crippen molar-refractivity contribution in [2.45, 2.75) is 0 Å². The van der Waals surface area contributed by atoms with E-state index < -0.39 is 11.9 Å². The zero-order valence-corrected chi connectivity index (χ0v) is 7.30. The van der Waals surface area contributed by atoms with Crippen LogP contribution in [0.4, 0.5) is 0 Å². The second kappa shape index (κ2) is 3.70. The Morgan fingerprint density at radius 3 is 2.73 bits per heavy atom. The molecule has 2 aromatic rings. The maximum atomic E-state index is 11.2. The molecule has 0 amide bonds. The summed E-state index contributed by atoms with van der Waals surface area (Å²) in [5, 5.41) is 9.09. The van der Waals surface area contributed by atoms with Crippen LogP contribution >= 0.6 is 0 Å². The van der Waals surface area contributed by atoms with Crippen LogP contribution < -0.4 is 0 Å². The van der Waals surface area contributed by atoms with Crippen molar-refractivity contribution < 1.29 is 14.3 Å². The quantitative estimate of drug-likeness (QED) is 0.508. The first-order valence-corrected chi connectivity index (χ1v) is 3.88. The van der Waals surface area contributed by atoms with Crippen molar-refractivity contribution in [3.63, 3.8) is 0 Å². The fourth-order valence-corrected chi connectivity index (χ4v) is 0.859. The predicted octanol–water partition coefficient (Wildman–Crippen LogP) is -0.475. The van der Waals surface area contributed by atoms with Crippen LogP contribution in [0.25, 0.3) is 0 Å². The van der Waals surface area contributed by atoms with Crippen LogP contribution in [0.3, 0.4) is 0 Å². The van der Waals surface area contributed by atoms with Gasteiger partial charge < -0.3 is 9.72 Å². The average Bonchev–Trinajstić information content (AvgIpc) is 2.91. The van der Waals surface area contributed by atoms with Crippen LogP contribution in [-0.2, 0) is 4.74 Å². The Hall–Kier alpha value is -2.51. The molecule has 2 heterocycles. The molecule has 2 aromatic heterocycles. The van der Waals surface area contributed by atoms with E-state index >= 15 is 0 Å². The molecule has 76 valence electrons. The van der Waals surface area contributed by atoms with Gasteiger partial charge in [-0.1, -0.05) is 0 Å². The van der Waals surface area contributed by atoms with Gasteiger partial charge in [0.05, 0.1) is 18.7 Å². The SMILES string of the molecule is O=C(OC(=O)c1cnc[nH]1)c1cn[nH]n1. The first-order chi connectivity index (χ1) is 7.27. The number of ether oxygens (including phenoxy) is 1. The van der Waals surface area contributed by atoms with E-state index in [1.54, 1.807) is 0 Å². The van der Waals surface area contributed by atoms with Gasteiger partial charge in [0.1, 0.15) is 5.69 Å². The Kier molecular flexibility index (Phi) is 2.23. The lowest BCUT2D eigenvalue weighted by Gasteiger charge is -1.96. The second-order valence-corrected chi connectivity index (χ2v) is 2.50. The molecule has 8 nitrogen and oxygen atoms in total. The fourth-order valence-electron chi connectivity index (χ4n) is 0.859. The summed E-state index contributed by atoms with van der Waals surface area (Å²) in [5.41, 5.74) is 0.0229. The number of aromatic nitrogens is 5. The Morgan fingerprint density at radius 1 is 1.27 bits per heavy atom. The number of hydrogen-bond acceptors (Lipinski definition) is 6. The van der Waals surface area contributed by atoms with Crippen LogP contribution in [-0.4, -0.2) is 37.3 Å². The van der Waals surface area contributed by atoms with Crippen molar-refractivity contribution in [1.29, 1.82) is 0 Å². The van der Waals surface area contributed by atoms with Gasteiger partial charge in [0, 0.05) is 0 Å². The number of nitrogens with one attached hydrogen (secondary N) is 2. The molecule has 0 saturated heterocycles. The minimum absolute atomic E-state index is 0.0668. The average molecular weight is 207 g/mol. The zero-order chi connectivity index (χ0) is 10.7. The molecule has 0 bridgehead atoms. The van der Waals surface area contributed by atoms with E-state index in [-0.39, 0.29) is 11.4 Å². The highest BCUT2D eigenvalue weighted by Gasteiger charge is 2.17. The monoisotopic (exact) mass is 207 g/mol. The van der Waals surface area contributed by atoms with Gasteiger partial charge in [0.25, 0.3) is 0 Å². The fraction of sp³-hybridized carbons (Fsp3) is 0. The van der Waals surface area contributed by atoms with E-state index in [0.29, 0.717) is 0 Å². The van der Waals surface area contributed by atoms with Crippen LogP contribution in [0.5, 0.6) is 0 Å². The molecule has 0 unspecified atom stereocenters. The van der Waals surface area contributed by atoms with Gasteiger partial charge in [-0.25, -0.2) is 14.6 Å². The number of imidazole rings is 1. The van der Waals surface area contributed by atoms with Crippen molar-refractivity contribution in [2.75, 3.05) is 0 Å². The van der Waals surface area contributed by atoms with E-state index in [1.165, 1.54) is 12.5 Å². The molecule has 2 N–H and O–H groups in total. The number of H-pyrrole nitrogens is 2. The summed E-state index contributed by atoms with van der Waals surface area (Å²) in [4.78, 5) is 28.6. The molecule has 15 heavy (non-hydrogen) atoms. The van der Waals surface area contributed by atoms with Gasteiger partial charge in [-0.2, -0.15) is 10.3 Å². The van der Waals surface area contributed by atoms with E-state index in [0.717, 1.165) is 6.20 Å². The lowest BCUT2D eigenvalue weighted by molar-refractivity contribution is 0.0390. The van der Waals surface area contributed by atoms with E-state index in [1.807, 2.05) is 0 Å². The first kappa shape index (κ1) is 9.06. The van der Waals surface area contributed by atoms with Crippen molar-refractivity contribution >= 4 is 11.9 Å². The summed E-state index contributed by atoms with van der Waals surface area (Å²) in [6, 6.07) is 0. The van der Waals surface area contributed by atoms with Crippen molar-refractivity contribution in [3.05, 3.63) is 30.1 Å². The lowest BCUT2D eigenvalue weighted by Crippen LogP contribution is -2.13. The van der Waals surface area contributed by atoms with E-state index in [4.69, 9.17) is 0 Å². The summed E-state index contributed by atoms with van der Waals surface area (Å²) in [7, 11) is 0. The third kappa shape index (κ3) is 1.88. The molecule has 8 heteroatoms. The Labute approximate surface area is 82.7 Å². The minimum atomic E-state index is -0.872. The molecular formula is C7H5N5O3. The topological polar surface area (TPSA) is 114 Å². The number of aromatic amines is 2. The van der Waals surface area contributed by atoms with Gasteiger partial charge >= 0.3 is 11.9 Å². The number of esters is 2. The van der Waals surface area contributed by atoms with Crippen LogP contribution in [0, 0.1) is 0 Å². The highest BCUT2D eigenvalue weighted by atomic mass is 16.6. The number of hydrogen-bond donors (Lipinski definition) is 2. The highest BCUT2D eigenvalue weighted by Crippen LogP contribution is 1.99. The van der Waals surface area contributed by atoms with E-state index in [9.17, 15) is 9.59 Å². The highest BCUT2D eigenvalue weighted by molar-refractivity contribution is 6.00. The van der Waals surface area contributed by atoms with Crippen molar-refractivity contribution in [2.24, 2.45) is 0 Å². The van der Waals surface area contributed by atoms with Crippen molar-refractivity contribution in [1.82, 2.24) is 25.4 Å². The van der Waals surface area contributed by atoms with Crippen LogP contribution in [0.1, 0.15) is 21.0 Å². The Morgan fingerprint density at radius 2 is 2.13 bits per heavy atom. The molecule has 0 fully saturated rings. The zero-order valence-electron chi connectivity index (χ0n) is 7.30. The number of rotatable bonds is 2. The number of carbonyl (C=O) groups excluding carboxylic acids is 2. The molecule has 0 aliphatic carbocycles. The summed E-state index contributed by atoms with van der Waals surface area (Å²) in [6.45, 7) is 0. The molecule has 0 aromatic carbocycles. The molecule has 0 atom stereocenters. The number of nitrogens with zero attached hydrogens (tertiary/aromatic N) is 3. The summed E-state index contributed by atoms with van der Waals surface area (Å²) >= 11 is 0. The van der Waals surface area contributed by atoms with Crippen LogP contribution in [0.15, 0.2) is 18.7 Å². The molecular weight excluding hydrogens is 202 g/mol. The third-order valence-electron chi connectivity index (χ3n) is 1.53. The maximum absolute atomic E-state index is 11.2. The van der Waals surface area contributed by atoms with Gasteiger partial charge in [0.15, 0.2) is 5.69 Å². The largest absolute Gasteiger partial charge is 0.383 e. The summed E-state index contributed by atoms with van der Waals surface area (Å²) in [6.07, 6.45) is 3.71. The van der Waals surface area contributed by atoms with Gasteiger partial charge in [-0.3, -0.25) is 0 Å². The molecule has 0 spiro atoms. The smallest absolute Gasteiger partial charge is 0.368 e. The van der Waals surface area contributed by atoms with Crippen molar-refractivity contribution in [3.8, 4) is 0 Å². The predicted molar refractivity (Wildman–Crippen MR) is 44.7 cm³/mol. The summed E-state index contributed by atoms with van der Waals surface area (Å²) in [5.74, 6) is -1.69.